The number of carbonyl (C=O) groups is 1. The molecule has 27 heavy (non-hydrogen) atoms. The molecule has 136 valence electrons. The van der Waals surface area contributed by atoms with Crippen molar-refractivity contribution in [3.8, 4) is 11.3 Å². The van der Waals surface area contributed by atoms with Gasteiger partial charge in [-0.2, -0.15) is 9.61 Å². The minimum absolute atomic E-state index is 0.0651. The van der Waals surface area contributed by atoms with E-state index < -0.39 is 11.9 Å². The van der Waals surface area contributed by atoms with Crippen LogP contribution in [0.2, 0.25) is 0 Å². The topological polar surface area (TPSA) is 124 Å². The van der Waals surface area contributed by atoms with Gasteiger partial charge in [-0.3, -0.25) is 4.79 Å². The quantitative estimate of drug-likeness (QED) is 0.555. The van der Waals surface area contributed by atoms with Gasteiger partial charge in [0.25, 0.3) is 5.91 Å². The Labute approximate surface area is 158 Å². The van der Waals surface area contributed by atoms with Gasteiger partial charge in [0.15, 0.2) is 17.3 Å². The largest absolute Gasteiger partial charge is 0.382 e. The van der Waals surface area contributed by atoms with Crippen molar-refractivity contribution in [3.05, 3.63) is 53.1 Å². The van der Waals surface area contributed by atoms with Gasteiger partial charge in [-0.05, 0) is 13.8 Å². The van der Waals surface area contributed by atoms with Crippen molar-refractivity contribution < 1.29 is 4.79 Å². The number of nitrogens with zero attached hydrogens (tertiary/aromatic N) is 6. The summed E-state index contributed by atoms with van der Waals surface area (Å²) in [5, 5.41) is 16.2. The molecule has 0 bridgehead atoms. The number of hydrogen-bond acceptors (Lipinski definition) is 8. The minimum Gasteiger partial charge on any atom is -0.382 e. The lowest BCUT2D eigenvalue weighted by molar-refractivity contribution is 0.0933. The summed E-state index contributed by atoms with van der Waals surface area (Å²) in [5.74, 6) is 0.165. The van der Waals surface area contributed by atoms with Crippen LogP contribution in [0, 0.1) is 6.92 Å². The first-order valence-corrected chi connectivity index (χ1v) is 9.02. The van der Waals surface area contributed by atoms with Crippen LogP contribution in [0.5, 0.6) is 0 Å². The lowest BCUT2D eigenvalue weighted by Crippen LogP contribution is -2.30. The molecule has 3 aromatic heterocycles. The van der Waals surface area contributed by atoms with Crippen molar-refractivity contribution in [1.82, 2.24) is 35.1 Å². The number of nitrogens with one attached hydrogen (secondary N) is 1. The van der Waals surface area contributed by atoms with Gasteiger partial charge in [0.2, 0.25) is 4.96 Å². The molecule has 0 aliphatic heterocycles. The van der Waals surface area contributed by atoms with Gasteiger partial charge in [0.1, 0.15) is 5.01 Å². The second kappa shape index (κ2) is 6.72. The Morgan fingerprint density at radius 1 is 1.26 bits per heavy atom. The fourth-order valence-corrected chi connectivity index (χ4v) is 3.33. The van der Waals surface area contributed by atoms with E-state index in [4.69, 9.17) is 5.73 Å². The number of carbonyl (C=O) groups excluding carboxylic acids is 1. The number of hydrogen-bond donors (Lipinski definition) is 2. The van der Waals surface area contributed by atoms with Crippen molar-refractivity contribution >= 4 is 28.0 Å². The molecule has 10 heteroatoms. The third-order valence-electron chi connectivity index (χ3n) is 3.94. The van der Waals surface area contributed by atoms with Crippen LogP contribution in [0.15, 0.2) is 36.5 Å². The van der Waals surface area contributed by atoms with Crippen molar-refractivity contribution in [1.29, 1.82) is 0 Å². The predicted octanol–water partition coefficient (Wildman–Crippen LogP) is 2.02. The Morgan fingerprint density at radius 2 is 2.04 bits per heavy atom. The molecule has 0 spiro atoms. The summed E-state index contributed by atoms with van der Waals surface area (Å²) in [6, 6.07) is 9.03. The lowest BCUT2D eigenvalue weighted by atomic mass is 10.1. The first kappa shape index (κ1) is 17.0. The van der Waals surface area contributed by atoms with Gasteiger partial charge >= 0.3 is 0 Å². The van der Waals surface area contributed by atoms with Crippen molar-refractivity contribution in [2.45, 2.75) is 19.9 Å². The molecule has 0 saturated carbocycles. The molecule has 1 amide bonds. The Morgan fingerprint density at radius 3 is 2.81 bits per heavy atom. The molecule has 0 fully saturated rings. The highest BCUT2D eigenvalue weighted by Crippen LogP contribution is 2.20. The average molecular weight is 380 g/mol. The lowest BCUT2D eigenvalue weighted by Gasteiger charge is -2.12. The smallest absolute Gasteiger partial charge is 0.274 e. The molecule has 0 saturated heterocycles. The van der Waals surface area contributed by atoms with Crippen LogP contribution in [0.1, 0.15) is 34.3 Å². The van der Waals surface area contributed by atoms with Crippen LogP contribution in [0.4, 0.5) is 5.82 Å². The highest BCUT2D eigenvalue weighted by molar-refractivity contribution is 7.16. The number of anilines is 1. The molecule has 1 aromatic carbocycles. The van der Waals surface area contributed by atoms with E-state index in [0.717, 1.165) is 10.6 Å². The first-order chi connectivity index (χ1) is 13.0. The number of nitrogens with two attached hydrogens (primary N) is 1. The van der Waals surface area contributed by atoms with Crippen LogP contribution in [0.25, 0.3) is 16.2 Å². The van der Waals surface area contributed by atoms with Gasteiger partial charge in [-0.1, -0.05) is 41.7 Å². The van der Waals surface area contributed by atoms with E-state index in [1.807, 2.05) is 37.3 Å². The molecule has 9 nitrogen and oxygen atoms in total. The summed E-state index contributed by atoms with van der Waals surface area (Å²) in [6.07, 6.45) is 1.55. The molecule has 3 N–H and O–H groups in total. The van der Waals surface area contributed by atoms with Crippen molar-refractivity contribution in [2.75, 3.05) is 5.73 Å². The maximum Gasteiger partial charge on any atom is 0.274 e. The van der Waals surface area contributed by atoms with E-state index in [0.29, 0.717) is 16.5 Å². The second-order valence-corrected chi connectivity index (χ2v) is 7.08. The second-order valence-electron chi connectivity index (χ2n) is 5.92. The maximum absolute atomic E-state index is 12.7. The van der Waals surface area contributed by atoms with Crippen LogP contribution < -0.4 is 11.1 Å². The first-order valence-electron chi connectivity index (χ1n) is 8.20. The standard InChI is InChI=1S/C17H16N8OS/c1-9(15-22-23-17-25(15)24-10(2)27-17)20-16(26)13-14(18)19-8-12(21-13)11-6-4-3-5-7-11/h3-9H,1-2H3,(H2,18,19)(H,20,26)/t9-/m1/s1. The summed E-state index contributed by atoms with van der Waals surface area (Å²) in [6.45, 7) is 3.69. The van der Waals surface area contributed by atoms with E-state index in [9.17, 15) is 4.79 Å². The number of nitrogen functional groups attached to an aromatic ring is 1. The molecule has 1 atom stereocenters. The Hall–Kier alpha value is -3.40. The van der Waals surface area contributed by atoms with E-state index in [1.165, 1.54) is 11.3 Å². The third-order valence-corrected chi connectivity index (χ3v) is 4.75. The molecule has 0 aliphatic rings. The fraction of sp³-hybridized carbons (Fsp3) is 0.176. The number of fused-ring (bicyclic) bond motifs is 1. The normalized spacial score (nSPS) is 12.2. The van der Waals surface area contributed by atoms with Crippen LogP contribution >= 0.6 is 11.3 Å². The number of amides is 1. The molecule has 3 heterocycles. The minimum atomic E-state index is -0.436. The Balaban J connectivity index is 1.61. The summed E-state index contributed by atoms with van der Waals surface area (Å²) < 4.78 is 1.63. The van der Waals surface area contributed by atoms with Crippen LogP contribution in [-0.4, -0.2) is 35.7 Å². The van der Waals surface area contributed by atoms with Gasteiger partial charge in [-0.25, -0.2) is 9.97 Å². The van der Waals surface area contributed by atoms with E-state index in [1.54, 1.807) is 17.6 Å². The third kappa shape index (κ3) is 3.22. The van der Waals surface area contributed by atoms with Crippen LogP contribution in [-0.2, 0) is 0 Å². The average Bonchev–Trinajstić information content (AvgIpc) is 3.21. The maximum atomic E-state index is 12.7. The van der Waals surface area contributed by atoms with Crippen LogP contribution in [0.3, 0.4) is 0 Å². The highest BCUT2D eigenvalue weighted by atomic mass is 32.1. The van der Waals surface area contributed by atoms with E-state index in [2.05, 4.69) is 30.6 Å². The molecule has 4 aromatic rings. The molecule has 0 unspecified atom stereocenters. The number of aromatic nitrogens is 6. The number of benzene rings is 1. The van der Waals surface area contributed by atoms with E-state index in [-0.39, 0.29) is 11.5 Å². The summed E-state index contributed by atoms with van der Waals surface area (Å²) in [5.41, 5.74) is 7.37. The summed E-state index contributed by atoms with van der Waals surface area (Å²) >= 11 is 1.43. The monoisotopic (exact) mass is 380 g/mol. The molecular formula is C17H16N8OS. The van der Waals surface area contributed by atoms with Gasteiger partial charge in [-0.15, -0.1) is 10.2 Å². The summed E-state index contributed by atoms with van der Waals surface area (Å²) in [4.78, 5) is 21.9. The molecular weight excluding hydrogens is 364 g/mol. The van der Waals surface area contributed by atoms with Gasteiger partial charge in [0.05, 0.1) is 17.9 Å². The van der Waals surface area contributed by atoms with Crippen molar-refractivity contribution in [3.63, 3.8) is 0 Å². The molecule has 0 aliphatic carbocycles. The highest BCUT2D eigenvalue weighted by Gasteiger charge is 2.21. The molecule has 4 rings (SSSR count). The van der Waals surface area contributed by atoms with Gasteiger partial charge in [0, 0.05) is 5.56 Å². The van der Waals surface area contributed by atoms with E-state index >= 15 is 0 Å². The summed E-state index contributed by atoms with van der Waals surface area (Å²) in [7, 11) is 0. The Kier molecular flexibility index (Phi) is 4.24. The number of rotatable bonds is 4. The fourth-order valence-electron chi connectivity index (χ4n) is 2.64. The zero-order chi connectivity index (χ0) is 19.0. The zero-order valence-electron chi connectivity index (χ0n) is 14.6. The Bertz CT molecular complexity index is 1120. The van der Waals surface area contributed by atoms with Gasteiger partial charge < -0.3 is 11.1 Å². The van der Waals surface area contributed by atoms with Crippen molar-refractivity contribution in [2.24, 2.45) is 0 Å². The zero-order valence-corrected chi connectivity index (χ0v) is 15.4. The molecule has 0 radical (unpaired) electrons. The predicted molar refractivity (Wildman–Crippen MR) is 101 cm³/mol. The SMILES string of the molecule is Cc1nn2c([C@@H](C)NC(=O)c3nc(-c4ccccc4)cnc3N)nnc2s1. The number of aryl methyl sites for hydroxylation is 1.